The Balaban J connectivity index is 1.30. The van der Waals surface area contributed by atoms with Gasteiger partial charge in [0.1, 0.15) is 37.3 Å². The maximum atomic E-state index is 13.0. The Bertz CT molecular complexity index is 1800. The highest BCUT2D eigenvalue weighted by molar-refractivity contribution is 5.87. The van der Waals surface area contributed by atoms with Crippen LogP contribution in [0.1, 0.15) is 120 Å². The number of fused-ring (bicyclic) bond motifs is 5. The van der Waals surface area contributed by atoms with Gasteiger partial charge >= 0.3 is 41.8 Å². The van der Waals surface area contributed by atoms with Gasteiger partial charge in [0.15, 0.2) is 43.1 Å². The van der Waals surface area contributed by atoms with Gasteiger partial charge < -0.3 is 52.1 Å². The molecule has 4 saturated carbocycles. The molecule has 0 aromatic carbocycles. The largest absolute Gasteiger partial charge is 0.463 e. The number of rotatable bonds is 13. The fourth-order valence-corrected chi connectivity index (χ4v) is 11.9. The summed E-state index contributed by atoms with van der Waals surface area (Å²) in [5.41, 5.74) is -0.205. The normalized spacial score (nSPS) is 40.3. The minimum absolute atomic E-state index is 0.0275. The molecule has 4 aliphatic carbocycles. The van der Waals surface area contributed by atoms with Gasteiger partial charge in [0.05, 0.1) is 6.10 Å². The molecule has 0 bridgehead atoms. The molecule has 0 spiro atoms. The van der Waals surface area contributed by atoms with Crippen molar-refractivity contribution in [3.05, 3.63) is 0 Å². The van der Waals surface area contributed by atoms with Crippen LogP contribution in [0.25, 0.3) is 0 Å². The van der Waals surface area contributed by atoms with Crippen LogP contribution in [0.4, 0.5) is 0 Å². The summed E-state index contributed by atoms with van der Waals surface area (Å²) in [5.74, 6) is -3.60. The van der Waals surface area contributed by atoms with Crippen LogP contribution >= 0.6 is 0 Å². The fourth-order valence-electron chi connectivity index (χ4n) is 11.9. The van der Waals surface area contributed by atoms with Gasteiger partial charge in [0.25, 0.3) is 0 Å². The Morgan fingerprint density at radius 1 is 0.531 bits per heavy atom. The van der Waals surface area contributed by atoms with Crippen molar-refractivity contribution in [2.75, 3.05) is 13.2 Å². The van der Waals surface area contributed by atoms with Crippen LogP contribution in [0.15, 0.2) is 0 Å². The van der Waals surface area contributed by atoms with Crippen LogP contribution in [-0.4, -0.2) is 128 Å². The van der Waals surface area contributed by atoms with Crippen molar-refractivity contribution < 1.29 is 90.5 Å². The molecule has 2 aliphatic heterocycles. The molecule has 64 heavy (non-hydrogen) atoms. The zero-order valence-electron chi connectivity index (χ0n) is 38.2. The van der Waals surface area contributed by atoms with Gasteiger partial charge in [-0.3, -0.25) is 38.4 Å². The first-order valence-electron chi connectivity index (χ1n) is 22.4. The van der Waals surface area contributed by atoms with Crippen LogP contribution in [0.2, 0.25) is 0 Å². The topological polar surface area (TPSA) is 238 Å². The van der Waals surface area contributed by atoms with Crippen LogP contribution in [0.5, 0.6) is 0 Å². The molecule has 17 atom stereocenters. The predicted molar refractivity (Wildman–Crippen MR) is 215 cm³/mol. The number of carbonyl (C=O) groups is 8. The Hall–Kier alpha value is -4.20. The highest BCUT2D eigenvalue weighted by Crippen LogP contribution is 2.65. The summed E-state index contributed by atoms with van der Waals surface area (Å²) < 4.78 is 64.9. The molecular formula is C45H64O19. The number of esters is 7. The van der Waals surface area contributed by atoms with Crippen molar-refractivity contribution >= 4 is 47.6 Å². The quantitative estimate of drug-likeness (QED) is 0.146. The number of ketones is 1. The van der Waals surface area contributed by atoms with Crippen LogP contribution in [-0.2, 0) is 90.5 Å². The maximum Gasteiger partial charge on any atom is 0.303 e. The molecule has 2 saturated heterocycles. The number of Topliss-reactive ketones (excluding diaryl/α,β-unsaturated/α-hetero) is 1. The molecule has 0 aromatic heterocycles. The smallest absolute Gasteiger partial charge is 0.303 e. The molecule has 19 nitrogen and oxygen atoms in total. The molecule has 1 unspecified atom stereocenters. The molecule has 0 amide bonds. The van der Waals surface area contributed by atoms with Gasteiger partial charge in [-0.2, -0.15) is 0 Å². The Labute approximate surface area is 372 Å². The highest BCUT2D eigenvalue weighted by Gasteiger charge is 2.62. The van der Waals surface area contributed by atoms with Gasteiger partial charge in [-0.05, 0) is 80.5 Å². The van der Waals surface area contributed by atoms with Gasteiger partial charge in [-0.1, -0.05) is 13.8 Å². The van der Waals surface area contributed by atoms with E-state index < -0.39 is 116 Å². The van der Waals surface area contributed by atoms with Crippen molar-refractivity contribution in [3.63, 3.8) is 0 Å². The Kier molecular flexibility index (Phi) is 15.5. The molecule has 358 valence electrons. The number of carbonyl (C=O) groups excluding carboxylic acids is 8. The SMILES string of the molecule is CC(=O)OC[C@H]1O[C@@H](O[C@H]2[C@H](OC(C)=O)[C@@H](OC(C)=O)[C@H](O[C@H]3CC[C@@]4(C)C(CC[C@@H]5[C@@H]4CC[C@]4(C)C(=O)CC[C@@H]54)C3)O[C@@H]2COC(C)=O)[C@H](OC(C)=O)[C@@H](OC(C)=O)[C@@H]1OC(C)=O. The Morgan fingerprint density at radius 3 is 1.55 bits per heavy atom. The second kappa shape index (κ2) is 20.1. The van der Waals surface area contributed by atoms with Gasteiger partial charge in [0.2, 0.25) is 0 Å². The summed E-state index contributed by atoms with van der Waals surface area (Å²) >= 11 is 0. The van der Waals surface area contributed by atoms with Crippen LogP contribution in [0.3, 0.4) is 0 Å². The minimum atomic E-state index is -1.78. The monoisotopic (exact) mass is 908 g/mol. The van der Waals surface area contributed by atoms with Gasteiger partial charge in [0, 0.05) is 60.3 Å². The lowest BCUT2D eigenvalue weighted by molar-refractivity contribution is -0.365. The van der Waals surface area contributed by atoms with Crippen LogP contribution < -0.4 is 0 Å². The molecule has 0 N–H and O–H groups in total. The molecule has 6 aliphatic rings. The van der Waals surface area contributed by atoms with E-state index in [0.717, 1.165) is 80.1 Å². The lowest BCUT2D eigenvalue weighted by Crippen LogP contribution is -2.67. The van der Waals surface area contributed by atoms with Crippen molar-refractivity contribution in [2.45, 2.75) is 188 Å². The summed E-state index contributed by atoms with van der Waals surface area (Å²) in [6.45, 7) is 11.3. The average molecular weight is 909 g/mol. The third-order valence-corrected chi connectivity index (χ3v) is 14.5. The van der Waals surface area contributed by atoms with Crippen molar-refractivity contribution in [1.82, 2.24) is 0 Å². The first-order valence-corrected chi connectivity index (χ1v) is 22.4. The number of hydrogen-bond donors (Lipinski definition) is 0. The van der Waals surface area contributed by atoms with E-state index in [2.05, 4.69) is 13.8 Å². The van der Waals surface area contributed by atoms with E-state index >= 15 is 0 Å². The molecule has 6 fully saturated rings. The van der Waals surface area contributed by atoms with Gasteiger partial charge in [-0.25, -0.2) is 0 Å². The second-order valence-corrected chi connectivity index (χ2v) is 18.8. The van der Waals surface area contributed by atoms with Crippen molar-refractivity contribution in [2.24, 2.45) is 34.5 Å². The third kappa shape index (κ3) is 10.7. The second-order valence-electron chi connectivity index (χ2n) is 18.8. The highest BCUT2D eigenvalue weighted by atomic mass is 16.8. The van der Waals surface area contributed by atoms with E-state index in [1.807, 2.05) is 0 Å². The van der Waals surface area contributed by atoms with E-state index in [1.54, 1.807) is 0 Å². The number of ether oxygens (including phenoxy) is 11. The van der Waals surface area contributed by atoms with E-state index in [-0.39, 0.29) is 16.9 Å². The van der Waals surface area contributed by atoms with E-state index in [0.29, 0.717) is 48.7 Å². The van der Waals surface area contributed by atoms with Gasteiger partial charge in [-0.15, -0.1) is 0 Å². The standard InChI is InChI=1S/C45H64O19/c1-21(46)54-19-33-36(56-23(3)48)38(57-24(4)49)41(60-27(7)52)43(63-33)64-37-34(20-55-22(2)47)62-42(40(59-26(6)51)39(37)58-25(5)50)61-29-14-16-44(8)28(18-29)10-11-30-31-12-13-35(53)45(31,9)17-15-32(30)44/h28-34,36-43H,10-20H2,1-9H3/t28?,29-,30-,31-,32-,33+,34+,36+,37+,38-,39-,40+,41+,42+,43-,44-,45-/m0/s1. The minimum Gasteiger partial charge on any atom is -0.463 e. The Morgan fingerprint density at radius 2 is 1.02 bits per heavy atom. The first-order chi connectivity index (χ1) is 30.1. The summed E-state index contributed by atoms with van der Waals surface area (Å²) in [5, 5.41) is 0. The fraction of sp³-hybridized carbons (Fsp3) is 0.822. The first kappa shape index (κ1) is 49.2. The summed E-state index contributed by atoms with van der Waals surface area (Å²) in [7, 11) is 0. The summed E-state index contributed by atoms with van der Waals surface area (Å²) in [4.78, 5) is 101. The number of hydrogen-bond acceptors (Lipinski definition) is 19. The summed E-state index contributed by atoms with van der Waals surface area (Å²) in [6.07, 6.45) is -8.00. The maximum absolute atomic E-state index is 13.0. The van der Waals surface area contributed by atoms with E-state index in [4.69, 9.17) is 52.1 Å². The molecule has 0 aromatic rings. The molecule has 2 heterocycles. The molecule has 0 radical (unpaired) electrons. The molecular weight excluding hydrogens is 844 g/mol. The van der Waals surface area contributed by atoms with Crippen molar-refractivity contribution in [1.29, 1.82) is 0 Å². The average Bonchev–Trinajstić information content (AvgIpc) is 3.50. The molecule has 19 heteroatoms. The van der Waals surface area contributed by atoms with E-state index in [9.17, 15) is 38.4 Å². The molecule has 6 rings (SSSR count). The summed E-state index contributed by atoms with van der Waals surface area (Å²) in [6, 6.07) is 0. The zero-order valence-corrected chi connectivity index (χ0v) is 38.2. The van der Waals surface area contributed by atoms with Crippen LogP contribution in [0, 0.1) is 34.5 Å². The lowest BCUT2D eigenvalue weighted by Gasteiger charge is -2.60. The zero-order chi connectivity index (χ0) is 46.8. The lowest BCUT2D eigenvalue weighted by atomic mass is 9.45. The van der Waals surface area contributed by atoms with Crippen molar-refractivity contribution in [3.8, 4) is 0 Å². The predicted octanol–water partition coefficient (Wildman–Crippen LogP) is 3.60. The van der Waals surface area contributed by atoms with E-state index in [1.165, 1.54) is 6.92 Å². The third-order valence-electron chi connectivity index (χ3n) is 14.5.